The molecule has 1 aromatic heterocycles. The maximum absolute atomic E-state index is 13.8. The number of benzene rings is 1. The van der Waals surface area contributed by atoms with Crippen molar-refractivity contribution in [2.75, 3.05) is 12.3 Å². The van der Waals surface area contributed by atoms with Crippen LogP contribution in [0.25, 0.3) is 11.5 Å². The van der Waals surface area contributed by atoms with Gasteiger partial charge in [-0.15, -0.1) is 11.8 Å². The summed E-state index contributed by atoms with van der Waals surface area (Å²) in [5.74, 6) is 2.11. The number of carbonyl (C=O) groups is 1. The highest BCUT2D eigenvalue weighted by Crippen LogP contribution is 2.26. The minimum Gasteiger partial charge on any atom is -0.441 e. The minimum atomic E-state index is -0.359. The van der Waals surface area contributed by atoms with Crippen molar-refractivity contribution in [1.82, 2.24) is 10.3 Å². The number of nitrogens with zero attached hydrogens (tertiary/aromatic N) is 1. The molecule has 0 aliphatic rings. The number of aromatic nitrogens is 1. The fraction of sp³-hybridized carbons (Fsp3) is 0.444. The molecular formula is C18H23FN2O2S. The lowest BCUT2D eigenvalue weighted by Gasteiger charge is -2.06. The smallest absolute Gasteiger partial charge is 0.230 e. The van der Waals surface area contributed by atoms with E-state index >= 15 is 0 Å². The van der Waals surface area contributed by atoms with Crippen molar-refractivity contribution < 1.29 is 13.6 Å². The highest BCUT2D eigenvalue weighted by atomic mass is 32.2. The first-order valence-corrected chi connectivity index (χ1v) is 9.18. The van der Waals surface area contributed by atoms with E-state index in [4.69, 9.17) is 4.42 Å². The number of carbonyl (C=O) groups excluding carboxylic acids is 1. The molecule has 130 valence electrons. The summed E-state index contributed by atoms with van der Waals surface area (Å²) in [7, 11) is 0. The standard InChI is InChI=1S/C18H23FN2O2S/c1-12(2)8-9-20-17(22)11-24-10-16-13(3)23-18(21-16)14-6-4-5-7-15(14)19/h4-7,12H,8-11H2,1-3H3,(H,20,22). The van der Waals surface area contributed by atoms with E-state index in [0.29, 0.717) is 35.3 Å². The van der Waals surface area contributed by atoms with Crippen LogP contribution in [0.3, 0.4) is 0 Å². The van der Waals surface area contributed by atoms with Gasteiger partial charge in [0.25, 0.3) is 0 Å². The molecule has 0 aliphatic carbocycles. The lowest BCUT2D eigenvalue weighted by Crippen LogP contribution is -2.26. The summed E-state index contributed by atoms with van der Waals surface area (Å²) in [5.41, 5.74) is 1.09. The van der Waals surface area contributed by atoms with Gasteiger partial charge in [-0.3, -0.25) is 4.79 Å². The summed E-state index contributed by atoms with van der Waals surface area (Å²) in [4.78, 5) is 16.1. The number of oxazole rings is 1. The topological polar surface area (TPSA) is 55.1 Å². The largest absolute Gasteiger partial charge is 0.441 e. The zero-order valence-corrected chi connectivity index (χ0v) is 15.1. The summed E-state index contributed by atoms with van der Waals surface area (Å²) in [6, 6.07) is 6.39. The Balaban J connectivity index is 1.86. The summed E-state index contributed by atoms with van der Waals surface area (Å²) < 4.78 is 19.4. The van der Waals surface area contributed by atoms with Gasteiger partial charge in [0.05, 0.1) is 17.0 Å². The van der Waals surface area contributed by atoms with Crippen LogP contribution in [0.15, 0.2) is 28.7 Å². The van der Waals surface area contributed by atoms with Gasteiger partial charge in [-0.05, 0) is 31.4 Å². The number of hydrogen-bond acceptors (Lipinski definition) is 4. The molecule has 6 heteroatoms. The van der Waals surface area contributed by atoms with Crippen LogP contribution in [0.2, 0.25) is 0 Å². The Morgan fingerprint density at radius 2 is 2.12 bits per heavy atom. The number of amides is 1. The Hall–Kier alpha value is -1.82. The van der Waals surface area contributed by atoms with Crippen molar-refractivity contribution in [1.29, 1.82) is 0 Å². The van der Waals surface area contributed by atoms with Crippen LogP contribution in [0.4, 0.5) is 4.39 Å². The first-order valence-electron chi connectivity index (χ1n) is 8.03. The maximum atomic E-state index is 13.8. The van der Waals surface area contributed by atoms with Gasteiger partial charge in [-0.2, -0.15) is 0 Å². The number of nitrogens with one attached hydrogen (secondary N) is 1. The van der Waals surface area contributed by atoms with E-state index in [1.165, 1.54) is 17.8 Å². The second-order valence-electron chi connectivity index (χ2n) is 6.03. The SMILES string of the molecule is Cc1oc(-c2ccccc2F)nc1CSCC(=O)NCCC(C)C. The summed E-state index contributed by atoms with van der Waals surface area (Å²) >= 11 is 1.47. The monoisotopic (exact) mass is 350 g/mol. The van der Waals surface area contributed by atoms with E-state index in [-0.39, 0.29) is 17.6 Å². The highest BCUT2D eigenvalue weighted by molar-refractivity contribution is 7.99. The molecule has 0 aliphatic heterocycles. The van der Waals surface area contributed by atoms with Crippen molar-refractivity contribution in [3.05, 3.63) is 41.5 Å². The van der Waals surface area contributed by atoms with E-state index in [2.05, 4.69) is 24.1 Å². The van der Waals surface area contributed by atoms with Gasteiger partial charge in [0, 0.05) is 12.3 Å². The summed E-state index contributed by atoms with van der Waals surface area (Å²) in [5, 5.41) is 2.90. The van der Waals surface area contributed by atoms with Gasteiger partial charge in [0.1, 0.15) is 11.6 Å². The molecule has 4 nitrogen and oxygen atoms in total. The lowest BCUT2D eigenvalue weighted by atomic mass is 10.1. The second kappa shape index (κ2) is 8.87. The molecule has 0 saturated heterocycles. The molecule has 24 heavy (non-hydrogen) atoms. The third-order valence-corrected chi connectivity index (χ3v) is 4.46. The fourth-order valence-electron chi connectivity index (χ4n) is 2.10. The fourth-order valence-corrected chi connectivity index (χ4v) is 2.95. The van der Waals surface area contributed by atoms with E-state index in [0.717, 1.165) is 12.1 Å². The van der Waals surface area contributed by atoms with E-state index < -0.39 is 0 Å². The van der Waals surface area contributed by atoms with Crippen LogP contribution in [0.1, 0.15) is 31.7 Å². The minimum absolute atomic E-state index is 0.0242. The molecule has 1 amide bonds. The molecule has 2 aromatic rings. The van der Waals surface area contributed by atoms with Crippen molar-refractivity contribution in [3.8, 4) is 11.5 Å². The molecular weight excluding hydrogens is 327 g/mol. The predicted octanol–water partition coefficient (Wildman–Crippen LogP) is 4.18. The van der Waals surface area contributed by atoms with Crippen LogP contribution < -0.4 is 5.32 Å². The lowest BCUT2D eigenvalue weighted by molar-refractivity contribution is -0.118. The maximum Gasteiger partial charge on any atom is 0.230 e. The van der Waals surface area contributed by atoms with E-state index in [1.807, 2.05) is 0 Å². The number of hydrogen-bond donors (Lipinski definition) is 1. The van der Waals surface area contributed by atoms with Crippen molar-refractivity contribution in [2.45, 2.75) is 32.9 Å². The van der Waals surface area contributed by atoms with Gasteiger partial charge in [-0.1, -0.05) is 26.0 Å². The third kappa shape index (κ3) is 5.37. The average Bonchev–Trinajstić information content (AvgIpc) is 2.88. The van der Waals surface area contributed by atoms with Gasteiger partial charge >= 0.3 is 0 Å². The van der Waals surface area contributed by atoms with E-state index in [9.17, 15) is 9.18 Å². The number of aryl methyl sites for hydroxylation is 1. The van der Waals surface area contributed by atoms with Gasteiger partial charge in [0.2, 0.25) is 11.8 Å². The molecule has 0 fully saturated rings. The van der Waals surface area contributed by atoms with Crippen molar-refractivity contribution >= 4 is 17.7 Å². The molecule has 1 heterocycles. The van der Waals surface area contributed by atoms with Crippen LogP contribution in [-0.2, 0) is 10.5 Å². The van der Waals surface area contributed by atoms with Crippen molar-refractivity contribution in [2.24, 2.45) is 5.92 Å². The van der Waals surface area contributed by atoms with Crippen LogP contribution in [-0.4, -0.2) is 23.2 Å². The van der Waals surface area contributed by atoms with Crippen molar-refractivity contribution in [3.63, 3.8) is 0 Å². The highest BCUT2D eigenvalue weighted by Gasteiger charge is 2.14. The van der Waals surface area contributed by atoms with Crippen LogP contribution in [0, 0.1) is 18.7 Å². The third-order valence-electron chi connectivity index (χ3n) is 3.51. The zero-order valence-electron chi connectivity index (χ0n) is 14.3. The molecule has 0 radical (unpaired) electrons. The first-order chi connectivity index (χ1) is 11.5. The Bertz CT molecular complexity index is 685. The Morgan fingerprint density at radius 1 is 1.38 bits per heavy atom. The molecule has 2 rings (SSSR count). The number of rotatable bonds is 8. The molecule has 0 saturated carbocycles. The van der Waals surface area contributed by atoms with Gasteiger partial charge < -0.3 is 9.73 Å². The van der Waals surface area contributed by atoms with Crippen LogP contribution in [0.5, 0.6) is 0 Å². The molecule has 0 unspecified atom stereocenters. The Kier molecular flexibility index (Phi) is 6.85. The second-order valence-corrected chi connectivity index (χ2v) is 7.01. The average molecular weight is 350 g/mol. The number of halogens is 1. The summed E-state index contributed by atoms with van der Waals surface area (Å²) in [6.45, 7) is 6.76. The molecule has 1 N–H and O–H groups in total. The number of thioether (sulfide) groups is 1. The Morgan fingerprint density at radius 3 is 2.83 bits per heavy atom. The Labute approximate surface area is 146 Å². The predicted molar refractivity (Wildman–Crippen MR) is 95.3 cm³/mol. The molecule has 1 aromatic carbocycles. The molecule has 0 atom stereocenters. The molecule has 0 bridgehead atoms. The van der Waals surface area contributed by atoms with Crippen LogP contribution >= 0.6 is 11.8 Å². The van der Waals surface area contributed by atoms with E-state index in [1.54, 1.807) is 25.1 Å². The van der Waals surface area contributed by atoms with Gasteiger partial charge in [0.15, 0.2) is 0 Å². The normalized spacial score (nSPS) is 11.0. The quantitative estimate of drug-likeness (QED) is 0.776. The zero-order chi connectivity index (χ0) is 17.5. The van der Waals surface area contributed by atoms with Gasteiger partial charge in [-0.25, -0.2) is 9.37 Å². The summed E-state index contributed by atoms with van der Waals surface area (Å²) in [6.07, 6.45) is 0.977. The molecule has 0 spiro atoms. The first kappa shape index (κ1) is 18.5.